The zero-order valence-corrected chi connectivity index (χ0v) is 24.0. The van der Waals surface area contributed by atoms with Crippen LogP contribution in [0, 0.1) is 13.8 Å². The second kappa shape index (κ2) is 12.5. The van der Waals surface area contributed by atoms with Crippen molar-refractivity contribution in [1.82, 2.24) is 9.69 Å². The molecule has 1 aromatic heterocycles. The van der Waals surface area contributed by atoms with Crippen LogP contribution in [-0.2, 0) is 11.3 Å². The Morgan fingerprint density at radius 3 is 2.32 bits per heavy atom. The first-order valence-electron chi connectivity index (χ1n) is 12.7. The summed E-state index contributed by atoms with van der Waals surface area (Å²) in [5.41, 5.74) is 14.8. The summed E-state index contributed by atoms with van der Waals surface area (Å²) in [5, 5.41) is 2.97. The highest BCUT2D eigenvalue weighted by Crippen LogP contribution is 2.38. The second-order valence-electron chi connectivity index (χ2n) is 9.25. The van der Waals surface area contributed by atoms with Crippen molar-refractivity contribution >= 4 is 40.6 Å². The Bertz CT molecular complexity index is 1590. The third kappa shape index (κ3) is 5.99. The molecule has 0 radical (unpaired) electrons. The van der Waals surface area contributed by atoms with Crippen LogP contribution in [0.3, 0.4) is 0 Å². The number of aryl methyl sites for hydroxylation is 1. The number of rotatable bonds is 10. The summed E-state index contributed by atoms with van der Waals surface area (Å²) in [6, 6.07) is 18.7. The monoisotopic (exact) mass is 573 g/mol. The first-order valence-corrected chi connectivity index (χ1v) is 13.4. The molecule has 0 aliphatic heterocycles. The molecule has 0 aliphatic carbocycles. The van der Waals surface area contributed by atoms with Crippen LogP contribution in [0.1, 0.15) is 48.5 Å². The average Bonchev–Trinajstić information content (AvgIpc) is 3.37. The Hall–Kier alpha value is -4.90. The zero-order valence-electron chi connectivity index (χ0n) is 23.1. The Morgan fingerprint density at radius 1 is 0.976 bits per heavy atom. The molecule has 0 spiro atoms. The molecule has 10 nitrogen and oxygen atoms in total. The molecule has 4 aromatic rings. The third-order valence-corrected chi connectivity index (χ3v) is 7.60. The molecule has 0 saturated carbocycles. The standard InChI is InChI=1S/C30H31N5O5S/c1-17-9-8-12-21(18(17)2)35(30(38)27-24(31)25(28(32)36)34-41-27)26(20-13-14-22(39-3)23(15-20)40-4)29(37)33-16-19-10-6-5-7-11-19/h5-15,26H,16,31H2,1-4H3,(H2,32,36)(H,33,37)/t26-/m1/s1. The topological polar surface area (TPSA) is 150 Å². The molecule has 4 rings (SSSR count). The van der Waals surface area contributed by atoms with Gasteiger partial charge >= 0.3 is 0 Å². The predicted molar refractivity (Wildman–Crippen MR) is 158 cm³/mol. The Balaban J connectivity index is 1.92. The summed E-state index contributed by atoms with van der Waals surface area (Å²) in [6.07, 6.45) is 0. The minimum absolute atomic E-state index is 0.0129. The van der Waals surface area contributed by atoms with Gasteiger partial charge in [0.15, 0.2) is 17.2 Å². The molecule has 212 valence electrons. The van der Waals surface area contributed by atoms with E-state index in [1.54, 1.807) is 30.3 Å². The van der Waals surface area contributed by atoms with Gasteiger partial charge in [-0.3, -0.25) is 19.3 Å². The Labute approximate surface area is 242 Å². The number of nitrogens with two attached hydrogens (primary N) is 2. The summed E-state index contributed by atoms with van der Waals surface area (Å²) >= 11 is 0.750. The van der Waals surface area contributed by atoms with Gasteiger partial charge in [-0.25, -0.2) is 0 Å². The Kier molecular flexibility index (Phi) is 8.88. The number of nitrogens with zero attached hydrogens (tertiary/aromatic N) is 2. The van der Waals surface area contributed by atoms with E-state index in [0.717, 1.165) is 28.2 Å². The smallest absolute Gasteiger partial charge is 0.273 e. The van der Waals surface area contributed by atoms with Gasteiger partial charge in [0.05, 0.1) is 19.9 Å². The van der Waals surface area contributed by atoms with Gasteiger partial charge in [0.1, 0.15) is 10.9 Å². The van der Waals surface area contributed by atoms with Gasteiger partial charge in [-0.15, -0.1) is 0 Å². The van der Waals surface area contributed by atoms with E-state index in [1.165, 1.54) is 19.1 Å². The number of hydrogen-bond acceptors (Lipinski definition) is 8. The van der Waals surface area contributed by atoms with Gasteiger partial charge in [-0.05, 0) is 65.8 Å². The van der Waals surface area contributed by atoms with E-state index in [2.05, 4.69) is 9.69 Å². The average molecular weight is 574 g/mol. The predicted octanol–water partition coefficient (Wildman–Crippen LogP) is 4.16. The number of methoxy groups -OCH3 is 2. The highest BCUT2D eigenvalue weighted by molar-refractivity contribution is 7.09. The van der Waals surface area contributed by atoms with Crippen molar-refractivity contribution in [3.8, 4) is 11.5 Å². The molecule has 0 unspecified atom stereocenters. The molecule has 0 saturated heterocycles. The van der Waals surface area contributed by atoms with Gasteiger partial charge in [0.25, 0.3) is 11.8 Å². The minimum Gasteiger partial charge on any atom is -0.493 e. The second-order valence-corrected chi connectivity index (χ2v) is 10.0. The molecule has 1 atom stereocenters. The number of ether oxygens (including phenoxy) is 2. The molecule has 5 N–H and O–H groups in total. The number of primary amides is 1. The normalized spacial score (nSPS) is 11.4. The zero-order chi connectivity index (χ0) is 29.7. The van der Waals surface area contributed by atoms with Gasteiger partial charge < -0.3 is 26.3 Å². The van der Waals surface area contributed by atoms with E-state index >= 15 is 0 Å². The maximum absolute atomic E-state index is 14.4. The van der Waals surface area contributed by atoms with Gasteiger partial charge in [0, 0.05) is 12.2 Å². The van der Waals surface area contributed by atoms with Crippen LogP contribution >= 0.6 is 11.5 Å². The quantitative estimate of drug-likeness (QED) is 0.258. The van der Waals surface area contributed by atoms with Gasteiger partial charge in [-0.1, -0.05) is 48.5 Å². The van der Waals surface area contributed by atoms with Crippen LogP contribution in [0.2, 0.25) is 0 Å². The lowest BCUT2D eigenvalue weighted by Gasteiger charge is -2.33. The maximum atomic E-state index is 14.4. The van der Waals surface area contributed by atoms with Crippen molar-refractivity contribution < 1.29 is 23.9 Å². The first-order chi connectivity index (χ1) is 19.7. The summed E-state index contributed by atoms with van der Waals surface area (Å²) in [5.74, 6) is -1.08. The lowest BCUT2D eigenvalue weighted by molar-refractivity contribution is -0.122. The van der Waals surface area contributed by atoms with E-state index in [1.807, 2.05) is 50.2 Å². The van der Waals surface area contributed by atoms with Crippen LogP contribution in [-0.4, -0.2) is 36.3 Å². The summed E-state index contributed by atoms with van der Waals surface area (Å²) in [4.78, 5) is 41.7. The molecule has 41 heavy (non-hydrogen) atoms. The fraction of sp³-hybridized carbons (Fsp3) is 0.200. The number of carbonyl (C=O) groups excluding carboxylic acids is 3. The molecule has 3 amide bonds. The van der Waals surface area contributed by atoms with Crippen LogP contribution in [0.5, 0.6) is 11.5 Å². The van der Waals surface area contributed by atoms with Crippen molar-refractivity contribution in [1.29, 1.82) is 0 Å². The van der Waals surface area contributed by atoms with Crippen molar-refractivity contribution in [3.05, 3.63) is 99.6 Å². The van der Waals surface area contributed by atoms with Crippen molar-refractivity contribution in [2.45, 2.75) is 26.4 Å². The molecule has 3 aromatic carbocycles. The van der Waals surface area contributed by atoms with E-state index in [9.17, 15) is 14.4 Å². The molecule has 1 heterocycles. The molecule has 0 bridgehead atoms. The van der Waals surface area contributed by atoms with Crippen LogP contribution in [0.4, 0.5) is 11.4 Å². The minimum atomic E-state index is -1.18. The number of amides is 3. The first kappa shape index (κ1) is 29.1. The fourth-order valence-electron chi connectivity index (χ4n) is 4.42. The summed E-state index contributed by atoms with van der Waals surface area (Å²) in [6.45, 7) is 4.00. The number of anilines is 2. The molecule has 11 heteroatoms. The van der Waals surface area contributed by atoms with E-state index in [4.69, 9.17) is 20.9 Å². The maximum Gasteiger partial charge on any atom is 0.273 e. The van der Waals surface area contributed by atoms with Crippen LogP contribution in [0.15, 0.2) is 66.7 Å². The highest BCUT2D eigenvalue weighted by Gasteiger charge is 2.37. The SMILES string of the molecule is COc1ccc([C@H](C(=O)NCc2ccccc2)N(C(=O)c2snc(C(N)=O)c2N)c2cccc(C)c2C)cc1OC. The van der Waals surface area contributed by atoms with Gasteiger partial charge in [0.2, 0.25) is 5.91 Å². The van der Waals surface area contributed by atoms with Crippen molar-refractivity contribution in [2.24, 2.45) is 5.73 Å². The van der Waals surface area contributed by atoms with Gasteiger partial charge in [-0.2, -0.15) is 4.37 Å². The highest BCUT2D eigenvalue weighted by atomic mass is 32.1. The summed E-state index contributed by atoms with van der Waals surface area (Å²) < 4.78 is 14.9. The number of nitrogen functional groups attached to an aromatic ring is 1. The molecule has 0 aliphatic rings. The van der Waals surface area contributed by atoms with E-state index in [-0.39, 0.29) is 22.8 Å². The lowest BCUT2D eigenvalue weighted by Crippen LogP contribution is -2.44. The van der Waals surface area contributed by atoms with Crippen molar-refractivity contribution in [2.75, 3.05) is 24.9 Å². The fourth-order valence-corrected chi connectivity index (χ4v) is 5.17. The van der Waals surface area contributed by atoms with E-state index in [0.29, 0.717) is 22.7 Å². The molecular formula is C30H31N5O5S. The van der Waals surface area contributed by atoms with Crippen LogP contribution in [0.25, 0.3) is 0 Å². The number of benzene rings is 3. The Morgan fingerprint density at radius 2 is 1.68 bits per heavy atom. The number of nitrogens with one attached hydrogen (secondary N) is 1. The van der Waals surface area contributed by atoms with Crippen molar-refractivity contribution in [3.63, 3.8) is 0 Å². The largest absolute Gasteiger partial charge is 0.493 e. The number of aromatic nitrogens is 1. The number of hydrogen-bond donors (Lipinski definition) is 3. The third-order valence-electron chi connectivity index (χ3n) is 6.75. The molecule has 0 fully saturated rings. The lowest BCUT2D eigenvalue weighted by atomic mass is 9.99. The van der Waals surface area contributed by atoms with E-state index < -0.39 is 23.8 Å². The summed E-state index contributed by atoms with van der Waals surface area (Å²) in [7, 11) is 3.00. The van der Waals surface area contributed by atoms with Crippen LogP contribution < -0.4 is 31.2 Å². The number of carbonyl (C=O) groups is 3. The molecular weight excluding hydrogens is 542 g/mol.